The van der Waals surface area contributed by atoms with Gasteiger partial charge in [0.05, 0.1) is 23.6 Å². The van der Waals surface area contributed by atoms with Gasteiger partial charge in [-0.05, 0) is 42.3 Å². The van der Waals surface area contributed by atoms with E-state index in [1.165, 1.54) is 35.7 Å². The van der Waals surface area contributed by atoms with E-state index in [4.69, 9.17) is 4.74 Å². The molecule has 1 heterocycles. The minimum Gasteiger partial charge on any atom is -0.465 e. The summed E-state index contributed by atoms with van der Waals surface area (Å²) in [7, 11) is -2.66. The molecule has 144 valence electrons. The van der Waals surface area contributed by atoms with Gasteiger partial charge >= 0.3 is 5.97 Å². The monoisotopic (exact) mass is 392 g/mol. The highest BCUT2D eigenvalue weighted by atomic mass is 32.2. The molecule has 1 fully saturated rings. The van der Waals surface area contributed by atoms with Crippen LogP contribution in [0.1, 0.15) is 27.5 Å². The number of nitrogens with zero attached hydrogens (tertiary/aromatic N) is 1. The number of hydrogen-bond acceptors (Lipinski definition) is 5. The molecule has 0 bridgehead atoms. The van der Waals surface area contributed by atoms with Crippen LogP contribution in [0.15, 0.2) is 47.4 Å². The number of aryl methyl sites for hydroxylation is 1. The summed E-state index contributed by atoms with van der Waals surface area (Å²) >= 11 is 0. The molecule has 2 aromatic carbocycles. The quantitative estimate of drug-likeness (QED) is 0.808. The summed E-state index contributed by atoms with van der Waals surface area (Å²) in [5.74, 6) is -1.02. The zero-order chi connectivity index (χ0) is 19.6. The number of carbonyl (C=O) groups is 1. The van der Waals surface area contributed by atoms with Crippen LogP contribution < -0.4 is 5.32 Å². The van der Waals surface area contributed by atoms with Crippen LogP contribution in [-0.2, 0) is 14.8 Å². The molecule has 0 saturated carbocycles. The summed E-state index contributed by atoms with van der Waals surface area (Å²) in [6.07, 6.45) is 0. The Morgan fingerprint density at radius 1 is 1.26 bits per heavy atom. The third-order valence-corrected chi connectivity index (χ3v) is 6.67. The van der Waals surface area contributed by atoms with Gasteiger partial charge in [0.2, 0.25) is 10.0 Å². The van der Waals surface area contributed by atoms with Gasteiger partial charge in [-0.2, -0.15) is 4.31 Å². The molecular weight excluding hydrogens is 371 g/mol. The molecule has 1 N–H and O–H groups in total. The van der Waals surface area contributed by atoms with Crippen LogP contribution in [0, 0.1) is 12.7 Å². The van der Waals surface area contributed by atoms with E-state index in [0.717, 1.165) is 0 Å². The number of ether oxygens (including phenoxy) is 1. The standard InChI is InChI=1S/C19H21FN2O4S/c1-13-6-7-15(19(23)26-2)11-18(13)27(24,25)22-9-8-21-12-17(22)14-4-3-5-16(20)10-14/h3-7,10-11,17,21H,8-9,12H2,1-2H3. The van der Waals surface area contributed by atoms with Crippen LogP contribution in [0.25, 0.3) is 0 Å². The number of nitrogens with one attached hydrogen (secondary N) is 1. The number of rotatable bonds is 4. The average molecular weight is 392 g/mol. The van der Waals surface area contributed by atoms with Crippen molar-refractivity contribution in [3.63, 3.8) is 0 Å². The SMILES string of the molecule is COC(=O)c1ccc(C)c(S(=O)(=O)N2CCNCC2c2cccc(F)c2)c1. The number of esters is 1. The van der Waals surface area contributed by atoms with E-state index in [1.54, 1.807) is 25.1 Å². The summed E-state index contributed by atoms with van der Waals surface area (Å²) in [6.45, 7) is 2.78. The van der Waals surface area contributed by atoms with E-state index < -0.39 is 27.9 Å². The van der Waals surface area contributed by atoms with Crippen LogP contribution in [0.4, 0.5) is 4.39 Å². The normalized spacial score (nSPS) is 18.3. The molecule has 1 unspecified atom stereocenters. The largest absolute Gasteiger partial charge is 0.465 e. The second-order valence-electron chi connectivity index (χ2n) is 6.36. The Labute approximate surface area is 158 Å². The molecule has 8 heteroatoms. The first-order chi connectivity index (χ1) is 12.8. The van der Waals surface area contributed by atoms with Crippen molar-refractivity contribution < 1.29 is 22.3 Å². The minimum atomic E-state index is -3.90. The molecule has 3 rings (SSSR count). The number of benzene rings is 2. The fourth-order valence-electron chi connectivity index (χ4n) is 3.22. The molecule has 0 spiro atoms. The van der Waals surface area contributed by atoms with Gasteiger partial charge in [-0.25, -0.2) is 17.6 Å². The summed E-state index contributed by atoms with van der Waals surface area (Å²) in [4.78, 5) is 11.9. The predicted molar refractivity (Wildman–Crippen MR) is 98.4 cm³/mol. The maximum absolute atomic E-state index is 13.7. The Bertz CT molecular complexity index is 962. The smallest absolute Gasteiger partial charge is 0.337 e. The topological polar surface area (TPSA) is 75.7 Å². The molecule has 0 amide bonds. The van der Waals surface area contributed by atoms with Crippen LogP contribution in [-0.4, -0.2) is 45.4 Å². The van der Waals surface area contributed by atoms with Gasteiger partial charge in [0.1, 0.15) is 5.82 Å². The Kier molecular flexibility index (Phi) is 5.59. The van der Waals surface area contributed by atoms with Crippen molar-refractivity contribution in [2.75, 3.05) is 26.7 Å². The van der Waals surface area contributed by atoms with Crippen LogP contribution >= 0.6 is 0 Å². The van der Waals surface area contributed by atoms with Gasteiger partial charge in [-0.1, -0.05) is 18.2 Å². The van der Waals surface area contributed by atoms with E-state index >= 15 is 0 Å². The number of piperazine rings is 1. The maximum Gasteiger partial charge on any atom is 0.337 e. The lowest BCUT2D eigenvalue weighted by Crippen LogP contribution is -2.48. The Hall–Kier alpha value is -2.29. The summed E-state index contributed by atoms with van der Waals surface area (Å²) in [5.41, 5.74) is 1.27. The second kappa shape index (κ2) is 7.75. The number of hydrogen-bond donors (Lipinski definition) is 1. The second-order valence-corrected chi connectivity index (χ2v) is 8.22. The Balaban J connectivity index is 2.05. The molecule has 27 heavy (non-hydrogen) atoms. The maximum atomic E-state index is 13.7. The molecule has 2 aromatic rings. The highest BCUT2D eigenvalue weighted by molar-refractivity contribution is 7.89. The van der Waals surface area contributed by atoms with Gasteiger partial charge in [0.15, 0.2) is 0 Å². The summed E-state index contributed by atoms with van der Waals surface area (Å²) < 4.78 is 46.5. The molecule has 1 aliphatic rings. The number of halogens is 1. The van der Waals surface area contributed by atoms with Gasteiger partial charge in [0, 0.05) is 19.6 Å². The first-order valence-corrected chi connectivity index (χ1v) is 9.95. The number of carbonyl (C=O) groups excluding carboxylic acids is 1. The fraction of sp³-hybridized carbons (Fsp3) is 0.316. The van der Waals surface area contributed by atoms with E-state index in [-0.39, 0.29) is 17.0 Å². The first kappa shape index (κ1) is 19.5. The highest BCUT2D eigenvalue weighted by Gasteiger charge is 2.35. The number of methoxy groups -OCH3 is 1. The van der Waals surface area contributed by atoms with Gasteiger partial charge in [0.25, 0.3) is 0 Å². The molecule has 6 nitrogen and oxygen atoms in total. The highest BCUT2D eigenvalue weighted by Crippen LogP contribution is 2.31. The third kappa shape index (κ3) is 3.87. The van der Waals surface area contributed by atoms with Crippen molar-refractivity contribution in [1.29, 1.82) is 0 Å². The van der Waals surface area contributed by atoms with E-state index in [2.05, 4.69) is 5.32 Å². The molecule has 1 aliphatic heterocycles. The zero-order valence-corrected chi connectivity index (χ0v) is 15.9. The molecular formula is C19H21FN2O4S. The summed E-state index contributed by atoms with van der Waals surface area (Å²) in [5, 5.41) is 3.16. The third-order valence-electron chi connectivity index (χ3n) is 4.62. The molecule has 0 aliphatic carbocycles. The van der Waals surface area contributed by atoms with E-state index in [9.17, 15) is 17.6 Å². The summed E-state index contributed by atoms with van der Waals surface area (Å²) in [6, 6.07) is 9.84. The molecule has 1 atom stereocenters. The van der Waals surface area contributed by atoms with Crippen molar-refractivity contribution in [3.05, 3.63) is 65.0 Å². The zero-order valence-electron chi connectivity index (χ0n) is 15.1. The van der Waals surface area contributed by atoms with Crippen LogP contribution in [0.2, 0.25) is 0 Å². The molecule has 1 saturated heterocycles. The van der Waals surface area contributed by atoms with Crippen molar-refractivity contribution in [1.82, 2.24) is 9.62 Å². The van der Waals surface area contributed by atoms with Crippen LogP contribution in [0.3, 0.4) is 0 Å². The first-order valence-electron chi connectivity index (χ1n) is 8.51. The lowest BCUT2D eigenvalue weighted by atomic mass is 10.1. The van der Waals surface area contributed by atoms with Crippen molar-refractivity contribution >= 4 is 16.0 Å². The predicted octanol–water partition coefficient (Wildman–Crippen LogP) is 2.26. The minimum absolute atomic E-state index is 0.0497. The van der Waals surface area contributed by atoms with Crippen molar-refractivity contribution in [3.8, 4) is 0 Å². The van der Waals surface area contributed by atoms with Crippen molar-refractivity contribution in [2.45, 2.75) is 17.9 Å². The van der Waals surface area contributed by atoms with Gasteiger partial charge in [-0.3, -0.25) is 0 Å². The number of sulfonamides is 1. The Morgan fingerprint density at radius 2 is 2.04 bits per heavy atom. The van der Waals surface area contributed by atoms with Crippen molar-refractivity contribution in [2.24, 2.45) is 0 Å². The van der Waals surface area contributed by atoms with Gasteiger partial charge < -0.3 is 10.1 Å². The van der Waals surface area contributed by atoms with E-state index in [1.807, 2.05) is 0 Å². The lowest BCUT2D eigenvalue weighted by molar-refractivity contribution is 0.0600. The Morgan fingerprint density at radius 3 is 2.74 bits per heavy atom. The van der Waals surface area contributed by atoms with E-state index in [0.29, 0.717) is 24.2 Å². The molecule has 0 radical (unpaired) electrons. The van der Waals surface area contributed by atoms with Gasteiger partial charge in [-0.15, -0.1) is 0 Å². The van der Waals surface area contributed by atoms with Crippen LogP contribution in [0.5, 0.6) is 0 Å². The lowest BCUT2D eigenvalue weighted by Gasteiger charge is -2.35. The molecule has 0 aromatic heterocycles. The fourth-order valence-corrected chi connectivity index (χ4v) is 5.09. The average Bonchev–Trinajstić information content (AvgIpc) is 2.67.